The Hall–Kier alpha value is -2.74. The second-order valence-electron chi connectivity index (χ2n) is 5.88. The largest absolute Gasteiger partial charge is 0.375 e. The number of nitrogens with zero attached hydrogens (tertiary/aromatic N) is 4. The van der Waals surface area contributed by atoms with Crippen LogP contribution in [0.25, 0.3) is 5.69 Å². The highest BCUT2D eigenvalue weighted by Gasteiger charge is 2.29. The summed E-state index contributed by atoms with van der Waals surface area (Å²) in [5.41, 5.74) is 0.539. The molecule has 0 saturated carbocycles. The molecular formula is C16H18N4O4. The first-order valence-corrected chi connectivity index (χ1v) is 7.66. The van der Waals surface area contributed by atoms with E-state index >= 15 is 0 Å². The van der Waals surface area contributed by atoms with Crippen LogP contribution < -0.4 is 0 Å². The maximum absolute atomic E-state index is 12.8. The van der Waals surface area contributed by atoms with E-state index in [1.54, 1.807) is 34.0 Å². The minimum absolute atomic E-state index is 0.0506. The van der Waals surface area contributed by atoms with Crippen molar-refractivity contribution in [1.82, 2.24) is 14.5 Å². The predicted octanol–water partition coefficient (Wildman–Crippen LogP) is 2.03. The quantitative estimate of drug-likeness (QED) is 0.634. The average Bonchev–Trinajstić information content (AvgIpc) is 3.10. The number of ether oxygens (including phenoxy) is 1. The second-order valence-corrected chi connectivity index (χ2v) is 5.88. The van der Waals surface area contributed by atoms with Crippen molar-refractivity contribution in [3.8, 4) is 5.69 Å². The zero-order valence-electron chi connectivity index (χ0n) is 13.5. The molecule has 1 amide bonds. The number of hydrogen-bond acceptors (Lipinski definition) is 5. The molecule has 1 saturated heterocycles. The summed E-state index contributed by atoms with van der Waals surface area (Å²) in [5.74, 6) is -0.224. The molecule has 2 aromatic rings. The molecule has 1 aromatic carbocycles. The van der Waals surface area contributed by atoms with E-state index in [0.717, 1.165) is 0 Å². The van der Waals surface area contributed by atoms with Gasteiger partial charge in [-0.25, -0.2) is 4.98 Å². The fraction of sp³-hybridized carbons (Fsp3) is 0.375. The minimum atomic E-state index is -0.489. The summed E-state index contributed by atoms with van der Waals surface area (Å²) in [5, 5.41) is 11.4. The average molecular weight is 330 g/mol. The first kappa shape index (κ1) is 16.1. The molecule has 0 aliphatic carbocycles. The van der Waals surface area contributed by atoms with Gasteiger partial charge in [0.2, 0.25) is 0 Å². The number of carbonyl (C=O) groups is 1. The van der Waals surface area contributed by atoms with Gasteiger partial charge in [-0.2, -0.15) is 0 Å². The molecule has 0 N–H and O–H groups in total. The van der Waals surface area contributed by atoms with E-state index in [1.807, 2.05) is 13.8 Å². The number of amides is 1. The summed E-state index contributed by atoms with van der Waals surface area (Å²) < 4.78 is 7.07. The lowest BCUT2D eigenvalue weighted by Gasteiger charge is -2.36. The molecule has 1 fully saturated rings. The molecule has 0 radical (unpaired) electrons. The maximum atomic E-state index is 12.8. The number of hydrogen-bond donors (Lipinski definition) is 0. The normalized spacial score (nSPS) is 20.8. The number of carbonyl (C=O) groups excluding carboxylic acids is 1. The third kappa shape index (κ3) is 3.00. The van der Waals surface area contributed by atoms with Crippen LogP contribution in [-0.4, -0.2) is 50.6 Å². The Morgan fingerprint density at radius 2 is 2.21 bits per heavy atom. The summed E-state index contributed by atoms with van der Waals surface area (Å²) in [6.07, 6.45) is 4.59. The van der Waals surface area contributed by atoms with Crippen LogP contribution in [0, 0.1) is 10.1 Å². The predicted molar refractivity (Wildman–Crippen MR) is 86.1 cm³/mol. The summed E-state index contributed by atoms with van der Waals surface area (Å²) in [4.78, 5) is 29.3. The lowest BCUT2D eigenvalue weighted by Crippen LogP contribution is -2.50. The van der Waals surface area contributed by atoms with Crippen LogP contribution in [-0.2, 0) is 4.74 Å². The zero-order valence-corrected chi connectivity index (χ0v) is 13.5. The first-order chi connectivity index (χ1) is 11.5. The van der Waals surface area contributed by atoms with Crippen molar-refractivity contribution in [2.45, 2.75) is 26.0 Å². The van der Waals surface area contributed by atoms with Gasteiger partial charge in [0, 0.05) is 30.6 Å². The van der Waals surface area contributed by atoms with Gasteiger partial charge in [0.15, 0.2) is 0 Å². The SMILES string of the molecule is CC1CN(C(=O)c2ccc(-n3ccnc3)c([N+](=O)[O-])c2)C(C)CO1. The van der Waals surface area contributed by atoms with Gasteiger partial charge >= 0.3 is 0 Å². The molecule has 0 spiro atoms. The van der Waals surface area contributed by atoms with Gasteiger partial charge in [0.05, 0.1) is 30.0 Å². The van der Waals surface area contributed by atoms with Gasteiger partial charge in [0.25, 0.3) is 11.6 Å². The standard InChI is InChI=1S/C16H18N4O4/c1-11-9-24-12(2)8-19(11)16(21)13-3-4-14(15(7-13)20(22)23)18-6-5-17-10-18/h3-7,10-12H,8-9H2,1-2H3. The minimum Gasteiger partial charge on any atom is -0.375 e. The van der Waals surface area contributed by atoms with Gasteiger partial charge in [0.1, 0.15) is 5.69 Å². The second kappa shape index (κ2) is 6.40. The van der Waals surface area contributed by atoms with E-state index in [4.69, 9.17) is 4.74 Å². The number of morpholine rings is 1. The highest BCUT2D eigenvalue weighted by Crippen LogP contribution is 2.26. The summed E-state index contributed by atoms with van der Waals surface area (Å²) >= 11 is 0. The molecule has 2 atom stereocenters. The number of imidazole rings is 1. The molecule has 126 valence electrons. The summed E-state index contributed by atoms with van der Waals surface area (Å²) in [7, 11) is 0. The van der Waals surface area contributed by atoms with Crippen molar-refractivity contribution in [2.75, 3.05) is 13.2 Å². The Bertz CT molecular complexity index is 759. The highest BCUT2D eigenvalue weighted by molar-refractivity contribution is 5.95. The Kier molecular flexibility index (Phi) is 4.30. The van der Waals surface area contributed by atoms with Gasteiger partial charge in [-0.05, 0) is 26.0 Å². The number of rotatable bonds is 3. The summed E-state index contributed by atoms with van der Waals surface area (Å²) in [6.45, 7) is 4.73. The van der Waals surface area contributed by atoms with Gasteiger partial charge in [-0.15, -0.1) is 0 Å². The topological polar surface area (TPSA) is 90.5 Å². The van der Waals surface area contributed by atoms with E-state index in [0.29, 0.717) is 24.4 Å². The third-order valence-corrected chi connectivity index (χ3v) is 4.07. The van der Waals surface area contributed by atoms with Crippen molar-refractivity contribution in [2.24, 2.45) is 0 Å². The number of nitro benzene ring substituents is 1. The summed E-state index contributed by atoms with van der Waals surface area (Å²) in [6, 6.07) is 4.44. The monoisotopic (exact) mass is 330 g/mol. The molecule has 8 heteroatoms. The van der Waals surface area contributed by atoms with E-state index in [1.165, 1.54) is 12.4 Å². The number of aromatic nitrogens is 2. The molecule has 2 unspecified atom stereocenters. The Labute approximate surface area is 138 Å². The van der Waals surface area contributed by atoms with Crippen LogP contribution in [0.5, 0.6) is 0 Å². The van der Waals surface area contributed by atoms with E-state index < -0.39 is 4.92 Å². The Morgan fingerprint density at radius 1 is 1.42 bits per heavy atom. The van der Waals surface area contributed by atoms with Gasteiger partial charge in [-0.3, -0.25) is 14.9 Å². The molecule has 1 aliphatic heterocycles. The molecule has 1 aromatic heterocycles. The molecule has 8 nitrogen and oxygen atoms in total. The van der Waals surface area contributed by atoms with Crippen LogP contribution in [0.4, 0.5) is 5.69 Å². The molecule has 0 bridgehead atoms. The van der Waals surface area contributed by atoms with Gasteiger partial charge in [-0.1, -0.05) is 0 Å². The van der Waals surface area contributed by atoms with Crippen molar-refractivity contribution in [3.63, 3.8) is 0 Å². The molecular weight excluding hydrogens is 312 g/mol. The fourth-order valence-electron chi connectivity index (χ4n) is 2.77. The van der Waals surface area contributed by atoms with Crippen LogP contribution >= 0.6 is 0 Å². The maximum Gasteiger partial charge on any atom is 0.294 e. The van der Waals surface area contributed by atoms with E-state index in [-0.39, 0.29) is 23.7 Å². The first-order valence-electron chi connectivity index (χ1n) is 7.66. The van der Waals surface area contributed by atoms with Crippen LogP contribution in [0.15, 0.2) is 36.9 Å². The van der Waals surface area contributed by atoms with Crippen molar-refractivity contribution >= 4 is 11.6 Å². The Balaban J connectivity index is 1.95. The molecule has 1 aliphatic rings. The van der Waals surface area contributed by atoms with Gasteiger partial charge < -0.3 is 14.2 Å². The molecule has 2 heterocycles. The van der Waals surface area contributed by atoms with Crippen LogP contribution in [0.2, 0.25) is 0 Å². The number of benzene rings is 1. The van der Waals surface area contributed by atoms with Crippen LogP contribution in [0.3, 0.4) is 0 Å². The van der Waals surface area contributed by atoms with E-state index in [9.17, 15) is 14.9 Å². The fourth-order valence-corrected chi connectivity index (χ4v) is 2.77. The smallest absolute Gasteiger partial charge is 0.294 e. The zero-order chi connectivity index (χ0) is 17.3. The molecule has 3 rings (SSSR count). The van der Waals surface area contributed by atoms with E-state index in [2.05, 4.69) is 4.98 Å². The number of nitro groups is 1. The molecule has 24 heavy (non-hydrogen) atoms. The lowest BCUT2D eigenvalue weighted by atomic mass is 10.1. The highest BCUT2D eigenvalue weighted by atomic mass is 16.6. The Morgan fingerprint density at radius 3 is 2.88 bits per heavy atom. The van der Waals surface area contributed by atoms with Crippen molar-refractivity contribution < 1.29 is 14.5 Å². The lowest BCUT2D eigenvalue weighted by molar-refractivity contribution is -0.384. The van der Waals surface area contributed by atoms with Crippen LogP contribution in [0.1, 0.15) is 24.2 Å². The van der Waals surface area contributed by atoms with Crippen molar-refractivity contribution in [1.29, 1.82) is 0 Å². The third-order valence-electron chi connectivity index (χ3n) is 4.07. The van der Waals surface area contributed by atoms with Crippen molar-refractivity contribution in [3.05, 3.63) is 52.6 Å².